The van der Waals surface area contributed by atoms with E-state index in [9.17, 15) is 0 Å². The first-order chi connectivity index (χ1) is 22.1. The van der Waals surface area contributed by atoms with E-state index in [0.717, 1.165) is 49.4 Å². The highest BCUT2D eigenvalue weighted by Gasteiger charge is 2.18. The second-order valence-corrected chi connectivity index (χ2v) is 11.1. The average molecular weight is 549 g/mol. The van der Waals surface area contributed by atoms with Gasteiger partial charge >= 0.3 is 0 Å². The van der Waals surface area contributed by atoms with E-state index in [4.69, 9.17) is 7.16 Å². The van der Waals surface area contributed by atoms with Crippen molar-refractivity contribution in [1.82, 2.24) is 0 Å². The van der Waals surface area contributed by atoms with Crippen molar-refractivity contribution in [2.45, 2.75) is 0 Å². The summed E-state index contributed by atoms with van der Waals surface area (Å²) >= 11 is 0. The largest absolute Gasteiger partial charge is 0.456 e. The van der Waals surface area contributed by atoms with E-state index in [1.54, 1.807) is 0 Å². The molecule has 0 unspecified atom stereocenters. The fraction of sp³-hybridized carbons (Fsp3) is 0. The molecule has 200 valence electrons. The quantitative estimate of drug-likeness (QED) is 0.200. The SMILES string of the molecule is [2H]c1ccc2cc(-c3c4ccccc4c(-c4cccc(-c5ccc([2H])c6oc7ccccc7c56)c4)c4ccccc34)ccc2c1. The minimum absolute atomic E-state index is 0.391. The molecule has 1 heteroatoms. The average Bonchev–Trinajstić information content (AvgIpc) is 3.48. The zero-order valence-electron chi connectivity index (χ0n) is 25.3. The van der Waals surface area contributed by atoms with Crippen molar-refractivity contribution in [3.8, 4) is 33.4 Å². The molecule has 0 radical (unpaired) electrons. The summed E-state index contributed by atoms with van der Waals surface area (Å²) in [6.45, 7) is 0. The molecule has 0 bridgehead atoms. The van der Waals surface area contributed by atoms with Crippen LogP contribution in [0.1, 0.15) is 2.74 Å². The lowest BCUT2D eigenvalue weighted by Gasteiger charge is -2.18. The summed E-state index contributed by atoms with van der Waals surface area (Å²) in [7, 11) is 0. The Kier molecular flexibility index (Phi) is 4.83. The van der Waals surface area contributed by atoms with Crippen LogP contribution in [0.25, 0.3) is 87.6 Å². The third-order valence-corrected chi connectivity index (χ3v) is 8.70. The van der Waals surface area contributed by atoms with Gasteiger partial charge in [0.1, 0.15) is 11.2 Å². The van der Waals surface area contributed by atoms with E-state index in [1.807, 2.05) is 42.5 Å². The van der Waals surface area contributed by atoms with Gasteiger partial charge in [0.25, 0.3) is 0 Å². The predicted octanol–water partition coefficient (Wildman–Crippen LogP) is 12.0. The summed E-state index contributed by atoms with van der Waals surface area (Å²) in [4.78, 5) is 0. The summed E-state index contributed by atoms with van der Waals surface area (Å²) in [5.74, 6) is 0. The number of benzene rings is 8. The molecule has 0 aliphatic rings. The number of hydrogen-bond donors (Lipinski definition) is 0. The third-order valence-electron chi connectivity index (χ3n) is 8.70. The van der Waals surface area contributed by atoms with Crippen LogP contribution in [-0.4, -0.2) is 0 Å². The molecule has 0 aliphatic carbocycles. The van der Waals surface area contributed by atoms with Crippen molar-refractivity contribution in [3.05, 3.63) is 158 Å². The van der Waals surface area contributed by atoms with Crippen LogP contribution in [0.4, 0.5) is 0 Å². The number of rotatable bonds is 3. The van der Waals surface area contributed by atoms with Gasteiger partial charge in [0.2, 0.25) is 0 Å². The van der Waals surface area contributed by atoms with Crippen LogP contribution in [0, 0.1) is 0 Å². The highest BCUT2D eigenvalue weighted by atomic mass is 16.3. The lowest BCUT2D eigenvalue weighted by atomic mass is 9.85. The van der Waals surface area contributed by atoms with Crippen molar-refractivity contribution < 1.29 is 7.16 Å². The Morgan fingerprint density at radius 3 is 1.81 bits per heavy atom. The summed E-state index contributed by atoms with van der Waals surface area (Å²) in [6.07, 6.45) is 0. The third kappa shape index (κ3) is 3.72. The molecule has 1 heterocycles. The topological polar surface area (TPSA) is 13.1 Å². The molecule has 0 fully saturated rings. The van der Waals surface area contributed by atoms with Crippen molar-refractivity contribution in [3.63, 3.8) is 0 Å². The molecule has 8 aromatic carbocycles. The van der Waals surface area contributed by atoms with Gasteiger partial charge in [0.05, 0.1) is 2.74 Å². The van der Waals surface area contributed by atoms with E-state index >= 15 is 0 Å². The van der Waals surface area contributed by atoms with Crippen LogP contribution in [0.15, 0.2) is 162 Å². The van der Waals surface area contributed by atoms with E-state index in [0.29, 0.717) is 17.7 Å². The van der Waals surface area contributed by atoms with Crippen LogP contribution >= 0.6 is 0 Å². The fourth-order valence-electron chi connectivity index (χ4n) is 6.81. The second kappa shape index (κ2) is 9.44. The number of para-hydroxylation sites is 1. The molecule has 0 spiro atoms. The van der Waals surface area contributed by atoms with Gasteiger partial charge in [-0.2, -0.15) is 0 Å². The Hall–Kier alpha value is -5.66. The number of hydrogen-bond acceptors (Lipinski definition) is 1. The van der Waals surface area contributed by atoms with Crippen LogP contribution in [0.3, 0.4) is 0 Å². The van der Waals surface area contributed by atoms with Gasteiger partial charge in [-0.25, -0.2) is 0 Å². The Morgan fingerprint density at radius 1 is 0.419 bits per heavy atom. The summed E-state index contributed by atoms with van der Waals surface area (Å²) in [5, 5.41) is 9.02. The first-order valence-corrected chi connectivity index (χ1v) is 14.6. The van der Waals surface area contributed by atoms with Crippen LogP contribution < -0.4 is 0 Å². The second-order valence-electron chi connectivity index (χ2n) is 11.1. The first kappa shape index (κ1) is 22.0. The van der Waals surface area contributed by atoms with Crippen LogP contribution in [0.2, 0.25) is 0 Å². The predicted molar refractivity (Wildman–Crippen MR) is 183 cm³/mol. The molecule has 0 N–H and O–H groups in total. The molecule has 0 saturated heterocycles. The van der Waals surface area contributed by atoms with Gasteiger partial charge in [-0.1, -0.05) is 133 Å². The molecule has 43 heavy (non-hydrogen) atoms. The molecule has 1 aromatic heterocycles. The Balaban J connectivity index is 1.31. The van der Waals surface area contributed by atoms with E-state index < -0.39 is 0 Å². The van der Waals surface area contributed by atoms with E-state index in [2.05, 4.69) is 103 Å². The van der Waals surface area contributed by atoms with Gasteiger partial charge in [-0.3, -0.25) is 0 Å². The van der Waals surface area contributed by atoms with Crippen molar-refractivity contribution in [2.75, 3.05) is 0 Å². The minimum atomic E-state index is 0.391. The lowest BCUT2D eigenvalue weighted by molar-refractivity contribution is 0.669. The zero-order valence-corrected chi connectivity index (χ0v) is 23.3. The van der Waals surface area contributed by atoms with Gasteiger partial charge in [0.15, 0.2) is 0 Å². The molecule has 0 saturated carbocycles. The Bertz CT molecular complexity index is 2570. The maximum Gasteiger partial charge on any atom is 0.136 e. The fourth-order valence-corrected chi connectivity index (χ4v) is 6.81. The Labute approximate surface area is 252 Å². The monoisotopic (exact) mass is 548 g/mol. The first-order valence-electron chi connectivity index (χ1n) is 15.6. The normalized spacial score (nSPS) is 12.4. The molecule has 9 rings (SSSR count). The summed E-state index contributed by atoms with van der Waals surface area (Å²) < 4.78 is 22.8. The molecule has 0 atom stereocenters. The molecule has 1 nitrogen and oxygen atoms in total. The standard InChI is InChI=1S/C42H26O/c1-2-12-28-25-31(24-23-27(28)11-1)41-35-17-5-3-15-33(35)40(34-16-4-6-18-36(34)41)30-14-9-13-29(26-30)32-20-10-22-39-42(32)37-19-7-8-21-38(37)43-39/h1-26H/i1D,22D. The zero-order chi connectivity index (χ0) is 30.1. The van der Waals surface area contributed by atoms with Gasteiger partial charge in [0, 0.05) is 10.8 Å². The van der Waals surface area contributed by atoms with Crippen molar-refractivity contribution in [1.29, 1.82) is 0 Å². The van der Waals surface area contributed by atoms with Crippen LogP contribution in [0.5, 0.6) is 0 Å². The van der Waals surface area contributed by atoms with Crippen molar-refractivity contribution in [2.24, 2.45) is 0 Å². The maximum atomic E-state index is 8.56. The molecular weight excluding hydrogens is 520 g/mol. The number of furan rings is 1. The molecule has 9 aromatic rings. The minimum Gasteiger partial charge on any atom is -0.456 e. The summed E-state index contributed by atoms with van der Waals surface area (Å²) in [6, 6.07) is 51.4. The number of fused-ring (bicyclic) bond motifs is 6. The highest BCUT2D eigenvalue weighted by molar-refractivity contribution is 6.22. The van der Waals surface area contributed by atoms with Gasteiger partial charge in [-0.15, -0.1) is 0 Å². The molecule has 0 amide bonds. The highest BCUT2D eigenvalue weighted by Crippen LogP contribution is 2.45. The van der Waals surface area contributed by atoms with E-state index in [1.165, 1.54) is 32.7 Å². The van der Waals surface area contributed by atoms with Crippen LogP contribution in [-0.2, 0) is 0 Å². The van der Waals surface area contributed by atoms with E-state index in [-0.39, 0.29) is 0 Å². The smallest absolute Gasteiger partial charge is 0.136 e. The van der Waals surface area contributed by atoms with Gasteiger partial charge in [-0.05, 0) is 89.9 Å². The lowest BCUT2D eigenvalue weighted by Crippen LogP contribution is -1.91. The Morgan fingerprint density at radius 2 is 1.07 bits per heavy atom. The summed E-state index contributed by atoms with van der Waals surface area (Å²) in [5.41, 5.74) is 8.29. The molecule has 0 aliphatic heterocycles. The maximum absolute atomic E-state index is 8.56. The van der Waals surface area contributed by atoms with Crippen molar-refractivity contribution >= 4 is 54.3 Å². The molecular formula is C42H26O. The van der Waals surface area contributed by atoms with Gasteiger partial charge < -0.3 is 4.42 Å².